The second-order valence-corrected chi connectivity index (χ2v) is 5.90. The van der Waals surface area contributed by atoms with Gasteiger partial charge in [-0.15, -0.1) is 0 Å². The van der Waals surface area contributed by atoms with Gasteiger partial charge in [0.05, 0.1) is 12.2 Å². The van der Waals surface area contributed by atoms with E-state index in [0.29, 0.717) is 0 Å². The lowest BCUT2D eigenvalue weighted by Gasteiger charge is -2.52. The molecule has 2 nitrogen and oxygen atoms in total. The fourth-order valence-corrected chi connectivity index (χ4v) is 3.39. The second-order valence-electron chi connectivity index (χ2n) is 5.90. The molecule has 0 radical (unpaired) electrons. The second kappa shape index (κ2) is 3.33. The van der Waals surface area contributed by atoms with E-state index in [1.54, 1.807) is 0 Å². The Hall–Kier alpha value is -0.340. The van der Waals surface area contributed by atoms with Crippen LogP contribution in [0.1, 0.15) is 46.5 Å². The highest BCUT2D eigenvalue weighted by molar-refractivity contribution is 5.29. The number of allylic oxidation sites excluding steroid dienone is 1. The Morgan fingerprint density at radius 1 is 1.13 bits per heavy atom. The van der Waals surface area contributed by atoms with Crippen molar-refractivity contribution < 1.29 is 10.2 Å². The third-order valence-electron chi connectivity index (χ3n) is 4.60. The summed E-state index contributed by atoms with van der Waals surface area (Å²) < 4.78 is 0. The SMILES string of the molecule is CC1(C)C2=CCCC(O)C2(C)CCC1O. The van der Waals surface area contributed by atoms with Gasteiger partial charge in [-0.05, 0) is 25.7 Å². The molecule has 0 amide bonds. The van der Waals surface area contributed by atoms with Crippen molar-refractivity contribution >= 4 is 0 Å². The number of fused-ring (bicyclic) bond motifs is 1. The third kappa shape index (κ3) is 1.46. The lowest BCUT2D eigenvalue weighted by molar-refractivity contribution is -0.0424. The minimum absolute atomic E-state index is 0.0962. The highest BCUT2D eigenvalue weighted by Crippen LogP contribution is 2.54. The van der Waals surface area contributed by atoms with E-state index in [4.69, 9.17) is 0 Å². The van der Waals surface area contributed by atoms with Gasteiger partial charge in [-0.1, -0.05) is 32.4 Å². The molecule has 15 heavy (non-hydrogen) atoms. The van der Waals surface area contributed by atoms with Gasteiger partial charge in [-0.3, -0.25) is 0 Å². The van der Waals surface area contributed by atoms with E-state index >= 15 is 0 Å². The Kier molecular flexibility index (Phi) is 2.47. The first-order valence-electron chi connectivity index (χ1n) is 5.96. The highest BCUT2D eigenvalue weighted by Gasteiger charge is 2.50. The zero-order chi connectivity index (χ0) is 11.3. The summed E-state index contributed by atoms with van der Waals surface area (Å²) in [6.07, 6.45) is 5.28. The summed E-state index contributed by atoms with van der Waals surface area (Å²) >= 11 is 0. The van der Waals surface area contributed by atoms with Crippen molar-refractivity contribution in [2.75, 3.05) is 0 Å². The van der Waals surface area contributed by atoms with Crippen molar-refractivity contribution in [1.82, 2.24) is 0 Å². The molecule has 2 heteroatoms. The van der Waals surface area contributed by atoms with Crippen molar-refractivity contribution in [2.45, 2.75) is 58.7 Å². The number of aliphatic hydroxyl groups excluding tert-OH is 2. The Morgan fingerprint density at radius 3 is 2.47 bits per heavy atom. The van der Waals surface area contributed by atoms with Gasteiger partial charge in [0.1, 0.15) is 0 Å². The molecule has 3 unspecified atom stereocenters. The number of hydrogen-bond donors (Lipinski definition) is 2. The molecule has 2 N–H and O–H groups in total. The van der Waals surface area contributed by atoms with Gasteiger partial charge < -0.3 is 10.2 Å². The molecule has 0 bridgehead atoms. The van der Waals surface area contributed by atoms with Gasteiger partial charge in [0, 0.05) is 10.8 Å². The van der Waals surface area contributed by atoms with Crippen LogP contribution in [0.4, 0.5) is 0 Å². The average Bonchev–Trinajstić information content (AvgIpc) is 2.16. The molecule has 0 aromatic heterocycles. The zero-order valence-electron chi connectivity index (χ0n) is 9.95. The first-order valence-corrected chi connectivity index (χ1v) is 5.96. The van der Waals surface area contributed by atoms with E-state index in [-0.39, 0.29) is 23.0 Å². The van der Waals surface area contributed by atoms with E-state index in [1.807, 2.05) is 0 Å². The third-order valence-corrected chi connectivity index (χ3v) is 4.60. The summed E-state index contributed by atoms with van der Waals surface area (Å²) in [5.41, 5.74) is 1.00. The molecule has 2 aliphatic rings. The average molecular weight is 210 g/mol. The molecule has 0 aromatic carbocycles. The van der Waals surface area contributed by atoms with Gasteiger partial charge in [-0.25, -0.2) is 0 Å². The summed E-state index contributed by atoms with van der Waals surface area (Å²) in [5.74, 6) is 0. The highest BCUT2D eigenvalue weighted by atomic mass is 16.3. The van der Waals surface area contributed by atoms with E-state index in [1.165, 1.54) is 5.57 Å². The van der Waals surface area contributed by atoms with Crippen LogP contribution in [0.25, 0.3) is 0 Å². The Morgan fingerprint density at radius 2 is 1.80 bits per heavy atom. The smallest absolute Gasteiger partial charge is 0.0634 e. The molecule has 3 atom stereocenters. The van der Waals surface area contributed by atoms with E-state index < -0.39 is 0 Å². The predicted octanol–water partition coefficient (Wildman–Crippen LogP) is 2.25. The van der Waals surface area contributed by atoms with Crippen molar-refractivity contribution in [3.05, 3.63) is 11.6 Å². The largest absolute Gasteiger partial charge is 0.392 e. The van der Waals surface area contributed by atoms with Crippen LogP contribution in [0.3, 0.4) is 0 Å². The summed E-state index contributed by atoms with van der Waals surface area (Å²) in [6, 6.07) is 0. The molecule has 2 rings (SSSR count). The quantitative estimate of drug-likeness (QED) is 0.602. The summed E-state index contributed by atoms with van der Waals surface area (Å²) in [4.78, 5) is 0. The minimum Gasteiger partial charge on any atom is -0.392 e. The molecule has 86 valence electrons. The van der Waals surface area contributed by atoms with Crippen LogP contribution in [-0.4, -0.2) is 22.4 Å². The maximum atomic E-state index is 10.2. The minimum atomic E-state index is -0.262. The van der Waals surface area contributed by atoms with E-state index in [0.717, 1.165) is 25.7 Å². The molecule has 1 fully saturated rings. The molecule has 0 aromatic rings. The first-order chi connectivity index (χ1) is 6.89. The van der Waals surface area contributed by atoms with Crippen LogP contribution >= 0.6 is 0 Å². The first kappa shape index (κ1) is 11.2. The molecule has 2 aliphatic carbocycles. The lowest BCUT2D eigenvalue weighted by atomic mass is 9.55. The van der Waals surface area contributed by atoms with Gasteiger partial charge in [0.25, 0.3) is 0 Å². The number of hydrogen-bond acceptors (Lipinski definition) is 2. The monoisotopic (exact) mass is 210 g/mol. The molecular weight excluding hydrogens is 188 g/mol. The van der Waals surface area contributed by atoms with Crippen LogP contribution in [0.15, 0.2) is 11.6 Å². The van der Waals surface area contributed by atoms with Crippen molar-refractivity contribution in [1.29, 1.82) is 0 Å². The molecule has 0 aliphatic heterocycles. The number of rotatable bonds is 0. The van der Waals surface area contributed by atoms with Crippen LogP contribution < -0.4 is 0 Å². The standard InChI is InChI=1S/C13H22O2/c1-12(2)9-5-4-6-11(15)13(9,3)8-7-10(12)14/h5,10-11,14-15H,4,6-8H2,1-3H3. The van der Waals surface area contributed by atoms with Gasteiger partial charge >= 0.3 is 0 Å². The normalized spacial score (nSPS) is 44.5. The fourth-order valence-electron chi connectivity index (χ4n) is 3.39. The Labute approximate surface area is 92.0 Å². The molecule has 0 saturated heterocycles. The predicted molar refractivity (Wildman–Crippen MR) is 60.5 cm³/mol. The maximum Gasteiger partial charge on any atom is 0.0634 e. The van der Waals surface area contributed by atoms with E-state index in [9.17, 15) is 10.2 Å². The summed E-state index contributed by atoms with van der Waals surface area (Å²) in [6.45, 7) is 6.34. The summed E-state index contributed by atoms with van der Waals surface area (Å²) in [7, 11) is 0. The Balaban J connectivity index is 2.43. The Bertz CT molecular complexity index is 293. The van der Waals surface area contributed by atoms with Crippen LogP contribution in [-0.2, 0) is 0 Å². The van der Waals surface area contributed by atoms with Crippen LogP contribution in [0.2, 0.25) is 0 Å². The van der Waals surface area contributed by atoms with Gasteiger partial charge in [0.15, 0.2) is 0 Å². The lowest BCUT2D eigenvalue weighted by Crippen LogP contribution is -2.50. The van der Waals surface area contributed by atoms with Gasteiger partial charge in [-0.2, -0.15) is 0 Å². The molecular formula is C13H22O2. The van der Waals surface area contributed by atoms with Crippen molar-refractivity contribution in [3.63, 3.8) is 0 Å². The fraction of sp³-hybridized carbons (Fsp3) is 0.846. The van der Waals surface area contributed by atoms with Crippen LogP contribution in [0, 0.1) is 10.8 Å². The van der Waals surface area contributed by atoms with E-state index in [2.05, 4.69) is 26.8 Å². The number of aliphatic hydroxyl groups is 2. The van der Waals surface area contributed by atoms with Crippen molar-refractivity contribution in [3.8, 4) is 0 Å². The molecule has 0 spiro atoms. The van der Waals surface area contributed by atoms with Gasteiger partial charge in [0.2, 0.25) is 0 Å². The molecule has 0 heterocycles. The maximum absolute atomic E-state index is 10.2. The molecule has 1 saturated carbocycles. The van der Waals surface area contributed by atoms with Crippen LogP contribution in [0.5, 0.6) is 0 Å². The topological polar surface area (TPSA) is 40.5 Å². The summed E-state index contributed by atoms with van der Waals surface area (Å²) in [5, 5.41) is 20.2. The van der Waals surface area contributed by atoms with Crippen molar-refractivity contribution in [2.24, 2.45) is 10.8 Å². The zero-order valence-corrected chi connectivity index (χ0v) is 9.95.